The van der Waals surface area contributed by atoms with Crippen LogP contribution in [0.25, 0.3) is 0 Å². The SMILES string of the molecule is CCNC(=NCCC(=O)N(C)Cc1ccccc1)Nc1ccc(OCC)c(OC)c1.I. The standard InChI is InChI=1S/C23H32N4O3.HI/c1-5-24-23(26-19-12-13-20(30-6-2)21(16-19)29-4)25-15-14-22(28)27(3)17-18-10-8-7-9-11-18;/h7-13,16H,5-6,14-15,17H2,1-4H3,(H2,24,25,26);1H. The molecule has 0 bridgehead atoms. The van der Waals surface area contributed by atoms with Crippen molar-refractivity contribution in [3.8, 4) is 11.5 Å². The molecule has 0 atom stereocenters. The van der Waals surface area contributed by atoms with Crippen molar-refractivity contribution in [3.05, 3.63) is 54.1 Å². The minimum atomic E-state index is 0. The lowest BCUT2D eigenvalue weighted by atomic mass is 10.2. The number of amides is 1. The third-order valence-electron chi connectivity index (χ3n) is 4.35. The molecule has 0 aliphatic heterocycles. The third-order valence-corrected chi connectivity index (χ3v) is 4.35. The van der Waals surface area contributed by atoms with E-state index in [2.05, 4.69) is 15.6 Å². The van der Waals surface area contributed by atoms with Crippen molar-refractivity contribution >= 4 is 41.5 Å². The highest BCUT2D eigenvalue weighted by Gasteiger charge is 2.10. The van der Waals surface area contributed by atoms with E-state index < -0.39 is 0 Å². The van der Waals surface area contributed by atoms with Crippen LogP contribution in [-0.2, 0) is 11.3 Å². The van der Waals surface area contributed by atoms with E-state index in [1.807, 2.05) is 69.4 Å². The van der Waals surface area contributed by atoms with Gasteiger partial charge in [-0.2, -0.15) is 0 Å². The Morgan fingerprint density at radius 3 is 2.48 bits per heavy atom. The minimum Gasteiger partial charge on any atom is -0.493 e. The Bertz CT molecular complexity index is 831. The molecule has 1 amide bonds. The van der Waals surface area contributed by atoms with E-state index in [0.29, 0.717) is 50.1 Å². The van der Waals surface area contributed by atoms with Crippen molar-refractivity contribution in [3.63, 3.8) is 0 Å². The Morgan fingerprint density at radius 1 is 1.10 bits per heavy atom. The van der Waals surface area contributed by atoms with Gasteiger partial charge in [-0.1, -0.05) is 30.3 Å². The van der Waals surface area contributed by atoms with Gasteiger partial charge in [0.1, 0.15) is 0 Å². The molecule has 0 fully saturated rings. The second-order valence-corrected chi connectivity index (χ2v) is 6.67. The third kappa shape index (κ3) is 9.04. The van der Waals surface area contributed by atoms with E-state index in [0.717, 1.165) is 11.3 Å². The average molecular weight is 540 g/mol. The maximum atomic E-state index is 12.4. The van der Waals surface area contributed by atoms with Gasteiger partial charge in [-0.15, -0.1) is 24.0 Å². The summed E-state index contributed by atoms with van der Waals surface area (Å²) in [6.45, 7) is 6.19. The van der Waals surface area contributed by atoms with Crippen LogP contribution in [0, 0.1) is 0 Å². The summed E-state index contributed by atoms with van der Waals surface area (Å²) in [6.07, 6.45) is 0.340. The second-order valence-electron chi connectivity index (χ2n) is 6.67. The number of aliphatic imine (C=N–C) groups is 1. The number of hydrogen-bond acceptors (Lipinski definition) is 4. The van der Waals surface area contributed by atoms with Crippen molar-refractivity contribution in [2.45, 2.75) is 26.8 Å². The molecule has 2 N–H and O–H groups in total. The molecule has 0 radical (unpaired) electrons. The molecule has 0 saturated heterocycles. The molecule has 0 heterocycles. The number of methoxy groups -OCH3 is 1. The molecule has 0 aromatic heterocycles. The molecule has 0 spiro atoms. The fourth-order valence-electron chi connectivity index (χ4n) is 2.86. The Kier molecular flexibility index (Phi) is 12.4. The summed E-state index contributed by atoms with van der Waals surface area (Å²) in [4.78, 5) is 18.7. The van der Waals surface area contributed by atoms with Gasteiger partial charge in [-0.05, 0) is 31.5 Å². The summed E-state index contributed by atoms with van der Waals surface area (Å²) < 4.78 is 10.9. The van der Waals surface area contributed by atoms with Crippen LogP contribution >= 0.6 is 24.0 Å². The van der Waals surface area contributed by atoms with Crippen molar-refractivity contribution < 1.29 is 14.3 Å². The largest absolute Gasteiger partial charge is 0.493 e. The smallest absolute Gasteiger partial charge is 0.224 e. The molecule has 2 rings (SSSR count). The molecule has 31 heavy (non-hydrogen) atoms. The molecule has 0 saturated carbocycles. The Balaban J connectivity index is 0.00000480. The number of rotatable bonds is 10. The molecule has 0 aliphatic rings. The second kappa shape index (κ2) is 14.5. The van der Waals surface area contributed by atoms with E-state index in [1.54, 1.807) is 12.0 Å². The number of nitrogens with one attached hydrogen (secondary N) is 2. The lowest BCUT2D eigenvalue weighted by molar-refractivity contribution is -0.130. The monoisotopic (exact) mass is 540 g/mol. The first-order valence-corrected chi connectivity index (χ1v) is 10.2. The fraction of sp³-hybridized carbons (Fsp3) is 0.391. The maximum Gasteiger partial charge on any atom is 0.224 e. The summed E-state index contributed by atoms with van der Waals surface area (Å²) in [6, 6.07) is 15.6. The number of anilines is 1. The van der Waals surface area contributed by atoms with E-state index in [4.69, 9.17) is 9.47 Å². The van der Waals surface area contributed by atoms with Crippen molar-refractivity contribution in [2.24, 2.45) is 4.99 Å². The molecular formula is C23H33IN4O3. The first-order chi connectivity index (χ1) is 14.6. The molecule has 7 nitrogen and oxygen atoms in total. The zero-order valence-corrected chi connectivity index (χ0v) is 21.0. The topological polar surface area (TPSA) is 75.2 Å². The number of nitrogens with zero attached hydrogens (tertiary/aromatic N) is 2. The predicted octanol–water partition coefficient (Wildman–Crippen LogP) is 4.14. The number of halogens is 1. The number of hydrogen-bond donors (Lipinski definition) is 2. The van der Waals surface area contributed by atoms with Gasteiger partial charge in [0.2, 0.25) is 5.91 Å². The van der Waals surface area contributed by atoms with Crippen molar-refractivity contribution in [2.75, 3.05) is 39.2 Å². The van der Waals surface area contributed by atoms with Gasteiger partial charge >= 0.3 is 0 Å². The Hall–Kier alpha value is -2.49. The summed E-state index contributed by atoms with van der Waals surface area (Å²) in [7, 11) is 3.42. The van der Waals surface area contributed by atoms with Gasteiger partial charge in [0.05, 0.1) is 20.3 Å². The summed E-state index contributed by atoms with van der Waals surface area (Å²) in [5.41, 5.74) is 1.93. The molecule has 0 unspecified atom stereocenters. The summed E-state index contributed by atoms with van der Waals surface area (Å²) in [5.74, 6) is 2.01. The number of guanidine groups is 1. The van der Waals surface area contributed by atoms with Crippen LogP contribution in [0.15, 0.2) is 53.5 Å². The first-order valence-electron chi connectivity index (χ1n) is 10.2. The molecule has 8 heteroatoms. The maximum absolute atomic E-state index is 12.4. The van der Waals surface area contributed by atoms with Crippen molar-refractivity contribution in [1.29, 1.82) is 0 Å². The highest BCUT2D eigenvalue weighted by Crippen LogP contribution is 2.30. The molecular weight excluding hydrogens is 507 g/mol. The zero-order chi connectivity index (χ0) is 21.8. The van der Waals surface area contributed by atoms with Crippen LogP contribution in [0.1, 0.15) is 25.8 Å². The van der Waals surface area contributed by atoms with E-state index in [-0.39, 0.29) is 29.9 Å². The summed E-state index contributed by atoms with van der Waals surface area (Å²) >= 11 is 0. The Labute approximate surface area is 202 Å². The van der Waals surface area contributed by atoms with Crippen LogP contribution in [0.4, 0.5) is 5.69 Å². The van der Waals surface area contributed by atoms with Crippen LogP contribution in [0.3, 0.4) is 0 Å². The Morgan fingerprint density at radius 2 is 1.84 bits per heavy atom. The number of ether oxygens (including phenoxy) is 2. The van der Waals surface area contributed by atoms with Crippen LogP contribution in [0.5, 0.6) is 11.5 Å². The van der Waals surface area contributed by atoms with Crippen LogP contribution in [0.2, 0.25) is 0 Å². The molecule has 2 aromatic rings. The van der Waals surface area contributed by atoms with E-state index in [1.165, 1.54) is 0 Å². The van der Waals surface area contributed by atoms with Gasteiger partial charge in [-0.3, -0.25) is 9.79 Å². The number of carbonyl (C=O) groups is 1. The van der Waals surface area contributed by atoms with Gasteiger partial charge < -0.3 is 25.0 Å². The van der Waals surface area contributed by atoms with Gasteiger partial charge in [-0.25, -0.2) is 0 Å². The molecule has 0 aliphatic carbocycles. The number of carbonyl (C=O) groups excluding carboxylic acids is 1. The number of benzene rings is 2. The first kappa shape index (κ1) is 26.5. The van der Waals surface area contributed by atoms with Crippen molar-refractivity contribution in [1.82, 2.24) is 10.2 Å². The van der Waals surface area contributed by atoms with E-state index >= 15 is 0 Å². The van der Waals surface area contributed by atoms with Gasteiger partial charge in [0, 0.05) is 38.3 Å². The van der Waals surface area contributed by atoms with E-state index in [9.17, 15) is 4.79 Å². The minimum absolute atomic E-state index is 0. The molecule has 170 valence electrons. The van der Waals surface area contributed by atoms with Crippen LogP contribution < -0.4 is 20.1 Å². The highest BCUT2D eigenvalue weighted by atomic mass is 127. The normalized spacial score (nSPS) is 10.6. The average Bonchev–Trinajstić information content (AvgIpc) is 2.75. The van der Waals surface area contributed by atoms with Gasteiger partial charge in [0.25, 0.3) is 0 Å². The van der Waals surface area contributed by atoms with Gasteiger partial charge in [0.15, 0.2) is 17.5 Å². The lowest BCUT2D eigenvalue weighted by Crippen LogP contribution is -2.31. The fourth-order valence-corrected chi connectivity index (χ4v) is 2.86. The zero-order valence-electron chi connectivity index (χ0n) is 18.7. The quantitative estimate of drug-likeness (QED) is 0.269. The lowest BCUT2D eigenvalue weighted by Gasteiger charge is -2.17. The van der Waals surface area contributed by atoms with Crippen LogP contribution in [-0.4, -0.2) is 50.6 Å². The summed E-state index contributed by atoms with van der Waals surface area (Å²) in [5, 5.41) is 6.44. The predicted molar refractivity (Wildman–Crippen MR) is 137 cm³/mol. The highest BCUT2D eigenvalue weighted by molar-refractivity contribution is 14.0. The molecule has 2 aromatic carbocycles.